The summed E-state index contributed by atoms with van der Waals surface area (Å²) in [6.45, 7) is 2.66. The minimum atomic E-state index is -0.0645. The molecule has 5 heteroatoms. The van der Waals surface area contributed by atoms with Gasteiger partial charge in [-0.3, -0.25) is 4.79 Å². The van der Waals surface area contributed by atoms with Crippen molar-refractivity contribution >= 4 is 17.4 Å². The topological polar surface area (TPSA) is 48.5 Å². The molecule has 1 fully saturated rings. The highest BCUT2D eigenvalue weighted by Gasteiger charge is 2.11. The van der Waals surface area contributed by atoms with Crippen LogP contribution in [0, 0.1) is 0 Å². The number of carbonyl (C=O) groups excluding carboxylic acids is 1. The fraction of sp³-hybridized carbons (Fsp3) is 0.429. The first-order valence-electron chi connectivity index (χ1n) is 9.39. The van der Waals surface area contributed by atoms with Crippen LogP contribution in [0.4, 0.5) is 11.5 Å². The molecule has 3 rings (SSSR count). The average Bonchev–Trinajstić information content (AvgIpc) is 2.96. The molecule has 1 aromatic heterocycles. The van der Waals surface area contributed by atoms with Gasteiger partial charge in [0.1, 0.15) is 5.82 Å². The Kier molecular flexibility index (Phi) is 6.10. The first-order chi connectivity index (χ1) is 12.6. The Bertz CT molecular complexity index is 719. The zero-order valence-electron chi connectivity index (χ0n) is 15.7. The lowest BCUT2D eigenvalue weighted by molar-refractivity contribution is 0.0951. The van der Waals surface area contributed by atoms with Crippen LogP contribution < -0.4 is 15.1 Å². The van der Waals surface area contributed by atoms with E-state index in [0.29, 0.717) is 12.1 Å². The van der Waals surface area contributed by atoms with Gasteiger partial charge < -0.3 is 15.1 Å². The van der Waals surface area contributed by atoms with Gasteiger partial charge in [0, 0.05) is 51.2 Å². The third-order valence-electron chi connectivity index (χ3n) is 4.82. The predicted molar refractivity (Wildman–Crippen MR) is 107 cm³/mol. The second-order valence-corrected chi connectivity index (χ2v) is 7.05. The van der Waals surface area contributed by atoms with Gasteiger partial charge in [-0.05, 0) is 42.7 Å². The number of anilines is 2. The minimum absolute atomic E-state index is 0.0645. The zero-order valence-corrected chi connectivity index (χ0v) is 15.7. The summed E-state index contributed by atoms with van der Waals surface area (Å²) in [6.07, 6.45) is 6.99. The molecule has 138 valence electrons. The van der Waals surface area contributed by atoms with Crippen molar-refractivity contribution in [1.29, 1.82) is 0 Å². The van der Waals surface area contributed by atoms with Crippen molar-refractivity contribution in [1.82, 2.24) is 10.3 Å². The van der Waals surface area contributed by atoms with Crippen LogP contribution in [0.5, 0.6) is 0 Å². The van der Waals surface area contributed by atoms with Gasteiger partial charge in [-0.2, -0.15) is 0 Å². The Balaban J connectivity index is 1.57. The Morgan fingerprint density at radius 2 is 1.88 bits per heavy atom. The summed E-state index contributed by atoms with van der Waals surface area (Å²) in [5.41, 5.74) is 2.70. The van der Waals surface area contributed by atoms with Gasteiger partial charge in [0.05, 0.1) is 0 Å². The lowest BCUT2D eigenvalue weighted by Crippen LogP contribution is -2.25. The average molecular weight is 352 g/mol. The number of hydrogen-bond acceptors (Lipinski definition) is 4. The number of nitrogens with zero attached hydrogens (tertiary/aromatic N) is 3. The molecule has 0 aliphatic carbocycles. The second kappa shape index (κ2) is 8.70. The highest BCUT2D eigenvalue weighted by molar-refractivity contribution is 5.95. The van der Waals surface area contributed by atoms with E-state index >= 15 is 0 Å². The number of benzene rings is 1. The standard InChI is InChI=1S/C21H28N4O/c1-24(2)19-9-7-8-18(14-19)21(26)23-16-17-10-11-20(22-15-17)25-12-5-3-4-6-13-25/h7-11,14-15H,3-6,12-13,16H2,1-2H3,(H,23,26). The lowest BCUT2D eigenvalue weighted by Gasteiger charge is -2.21. The van der Waals surface area contributed by atoms with Crippen molar-refractivity contribution in [2.24, 2.45) is 0 Å². The highest BCUT2D eigenvalue weighted by atomic mass is 16.1. The van der Waals surface area contributed by atoms with Crippen LogP contribution in [0.2, 0.25) is 0 Å². The molecule has 0 spiro atoms. The molecule has 1 amide bonds. The molecule has 0 atom stereocenters. The van der Waals surface area contributed by atoms with E-state index in [1.54, 1.807) is 0 Å². The molecule has 2 aromatic rings. The van der Waals surface area contributed by atoms with Crippen LogP contribution in [0.25, 0.3) is 0 Å². The molecule has 0 radical (unpaired) electrons. The summed E-state index contributed by atoms with van der Waals surface area (Å²) in [5, 5.41) is 2.98. The fourth-order valence-electron chi connectivity index (χ4n) is 3.22. The summed E-state index contributed by atoms with van der Waals surface area (Å²) in [7, 11) is 3.93. The van der Waals surface area contributed by atoms with Crippen LogP contribution >= 0.6 is 0 Å². The monoisotopic (exact) mass is 352 g/mol. The SMILES string of the molecule is CN(C)c1cccc(C(=O)NCc2ccc(N3CCCCCC3)nc2)c1. The smallest absolute Gasteiger partial charge is 0.251 e. The molecule has 1 N–H and O–H groups in total. The van der Waals surface area contributed by atoms with Gasteiger partial charge in [-0.1, -0.05) is 25.0 Å². The Hall–Kier alpha value is -2.56. The van der Waals surface area contributed by atoms with Gasteiger partial charge in [-0.15, -0.1) is 0 Å². The van der Waals surface area contributed by atoms with E-state index in [1.807, 2.05) is 49.5 Å². The van der Waals surface area contributed by atoms with Crippen LogP contribution in [0.1, 0.15) is 41.6 Å². The molecule has 2 heterocycles. The molecular weight excluding hydrogens is 324 g/mol. The predicted octanol–water partition coefficient (Wildman–Crippen LogP) is 3.46. The number of rotatable bonds is 5. The van der Waals surface area contributed by atoms with E-state index in [2.05, 4.69) is 27.3 Å². The van der Waals surface area contributed by atoms with E-state index in [-0.39, 0.29) is 5.91 Å². The number of nitrogens with one attached hydrogen (secondary N) is 1. The third kappa shape index (κ3) is 4.75. The number of carbonyl (C=O) groups is 1. The maximum Gasteiger partial charge on any atom is 0.251 e. The van der Waals surface area contributed by atoms with E-state index in [9.17, 15) is 4.79 Å². The van der Waals surface area contributed by atoms with Crippen LogP contribution in [-0.2, 0) is 6.54 Å². The molecule has 1 saturated heterocycles. The molecule has 1 aromatic carbocycles. The quantitative estimate of drug-likeness (QED) is 0.895. The largest absolute Gasteiger partial charge is 0.378 e. The molecule has 0 unspecified atom stereocenters. The summed E-state index contributed by atoms with van der Waals surface area (Å²) in [4.78, 5) is 21.3. The maximum absolute atomic E-state index is 12.4. The molecule has 5 nitrogen and oxygen atoms in total. The van der Waals surface area contributed by atoms with Crippen molar-refractivity contribution in [3.05, 3.63) is 53.7 Å². The highest BCUT2D eigenvalue weighted by Crippen LogP contribution is 2.17. The third-order valence-corrected chi connectivity index (χ3v) is 4.82. The van der Waals surface area contributed by atoms with E-state index in [1.165, 1.54) is 25.7 Å². The summed E-state index contributed by atoms with van der Waals surface area (Å²) >= 11 is 0. The first-order valence-corrected chi connectivity index (χ1v) is 9.39. The van der Waals surface area contributed by atoms with Gasteiger partial charge in [0.25, 0.3) is 5.91 Å². The second-order valence-electron chi connectivity index (χ2n) is 7.05. The van der Waals surface area contributed by atoms with E-state index < -0.39 is 0 Å². The number of aromatic nitrogens is 1. The van der Waals surface area contributed by atoms with Crippen LogP contribution in [-0.4, -0.2) is 38.1 Å². The summed E-state index contributed by atoms with van der Waals surface area (Å²) < 4.78 is 0. The molecule has 0 saturated carbocycles. The molecule has 26 heavy (non-hydrogen) atoms. The Labute approximate surface area is 156 Å². The van der Waals surface area contributed by atoms with Crippen LogP contribution in [0.3, 0.4) is 0 Å². The van der Waals surface area contributed by atoms with Crippen molar-refractivity contribution < 1.29 is 4.79 Å². The maximum atomic E-state index is 12.4. The number of pyridine rings is 1. The van der Waals surface area contributed by atoms with Crippen LogP contribution in [0.15, 0.2) is 42.6 Å². The van der Waals surface area contributed by atoms with E-state index in [0.717, 1.165) is 30.2 Å². The van der Waals surface area contributed by atoms with Gasteiger partial charge in [0.2, 0.25) is 0 Å². The molecule has 1 aliphatic rings. The van der Waals surface area contributed by atoms with Crippen molar-refractivity contribution in [3.8, 4) is 0 Å². The number of amides is 1. The minimum Gasteiger partial charge on any atom is -0.378 e. The number of hydrogen-bond donors (Lipinski definition) is 1. The Morgan fingerprint density at radius 3 is 2.54 bits per heavy atom. The van der Waals surface area contributed by atoms with Crippen molar-refractivity contribution in [3.63, 3.8) is 0 Å². The summed E-state index contributed by atoms with van der Waals surface area (Å²) in [6, 6.07) is 11.8. The summed E-state index contributed by atoms with van der Waals surface area (Å²) in [5.74, 6) is 0.978. The molecule has 1 aliphatic heterocycles. The normalized spacial score (nSPS) is 14.6. The zero-order chi connectivity index (χ0) is 18.4. The van der Waals surface area contributed by atoms with E-state index in [4.69, 9.17) is 0 Å². The molecular formula is C21H28N4O. The fourth-order valence-corrected chi connectivity index (χ4v) is 3.22. The van der Waals surface area contributed by atoms with Gasteiger partial charge >= 0.3 is 0 Å². The van der Waals surface area contributed by atoms with Crippen molar-refractivity contribution in [2.75, 3.05) is 37.0 Å². The van der Waals surface area contributed by atoms with Crippen molar-refractivity contribution in [2.45, 2.75) is 32.2 Å². The Morgan fingerprint density at radius 1 is 1.12 bits per heavy atom. The molecule has 0 bridgehead atoms. The first kappa shape index (κ1) is 18.2. The lowest BCUT2D eigenvalue weighted by atomic mass is 10.1. The van der Waals surface area contributed by atoms with Gasteiger partial charge in [0.15, 0.2) is 0 Å². The van der Waals surface area contributed by atoms with Gasteiger partial charge in [-0.25, -0.2) is 4.98 Å².